The summed E-state index contributed by atoms with van der Waals surface area (Å²) in [6.45, 7) is 7.65. The zero-order chi connectivity index (χ0) is 21.4. The van der Waals surface area contributed by atoms with E-state index in [-0.39, 0.29) is 35.3 Å². The average molecular weight is 542 g/mol. The van der Waals surface area contributed by atoms with Crippen LogP contribution in [0.1, 0.15) is 50.2 Å². The molecule has 2 aliphatic rings. The van der Waals surface area contributed by atoms with Crippen molar-refractivity contribution in [1.82, 2.24) is 20.4 Å². The topological polar surface area (TPSA) is 60.0 Å². The van der Waals surface area contributed by atoms with Gasteiger partial charge in [0.1, 0.15) is 0 Å². The Morgan fingerprint density at radius 2 is 1.87 bits per heavy atom. The molecule has 1 heterocycles. The Morgan fingerprint density at radius 1 is 1.16 bits per heavy atom. The summed E-state index contributed by atoms with van der Waals surface area (Å²) in [5, 5.41) is 6.82. The number of rotatable bonds is 8. The molecule has 0 saturated heterocycles. The maximum absolute atomic E-state index is 12.8. The summed E-state index contributed by atoms with van der Waals surface area (Å²) in [6, 6.07) is 8.79. The van der Waals surface area contributed by atoms with Gasteiger partial charge in [-0.15, -0.1) is 24.0 Å². The van der Waals surface area contributed by atoms with Crippen molar-refractivity contribution in [2.24, 2.45) is 10.4 Å². The van der Waals surface area contributed by atoms with E-state index in [9.17, 15) is 4.79 Å². The Morgan fingerprint density at radius 3 is 2.55 bits per heavy atom. The van der Waals surface area contributed by atoms with Crippen molar-refractivity contribution in [3.05, 3.63) is 35.4 Å². The summed E-state index contributed by atoms with van der Waals surface area (Å²) < 4.78 is 0. The highest BCUT2D eigenvalue weighted by Gasteiger charge is 2.42. The van der Waals surface area contributed by atoms with E-state index in [1.54, 1.807) is 4.90 Å². The highest BCUT2D eigenvalue weighted by Crippen LogP contribution is 2.39. The number of aliphatic imine (C=N–C) groups is 1. The predicted octanol–water partition coefficient (Wildman–Crippen LogP) is 3.26. The van der Waals surface area contributed by atoms with E-state index in [1.807, 2.05) is 14.1 Å². The lowest BCUT2D eigenvalue weighted by atomic mass is 9.85. The standard InChI is InChI=1S/C24H39N5O.HI/c1-4-25-23(27-19-24(13-7-8-14-24)22(30)28(2)3)26-15-9-16-29-17-12-20-10-5-6-11-21(20)18-29;/h5-6,10-11H,4,7-9,12-19H2,1-3H3,(H2,25,26,27);1H. The van der Waals surface area contributed by atoms with Crippen molar-refractivity contribution in [3.8, 4) is 0 Å². The minimum atomic E-state index is -0.312. The Balaban J connectivity index is 0.00000341. The number of hydrogen-bond donors (Lipinski definition) is 2. The molecule has 0 spiro atoms. The third-order valence-corrected chi connectivity index (χ3v) is 6.46. The number of guanidine groups is 1. The molecule has 6 nitrogen and oxygen atoms in total. The van der Waals surface area contributed by atoms with E-state index in [0.29, 0.717) is 6.54 Å². The first-order valence-electron chi connectivity index (χ1n) is 11.6. The van der Waals surface area contributed by atoms with Gasteiger partial charge in [0.2, 0.25) is 5.91 Å². The number of carbonyl (C=O) groups excluding carboxylic acids is 1. The molecule has 2 N–H and O–H groups in total. The molecule has 7 heteroatoms. The van der Waals surface area contributed by atoms with Crippen LogP contribution in [0.5, 0.6) is 0 Å². The Hall–Kier alpha value is -1.35. The second-order valence-electron chi connectivity index (χ2n) is 8.96. The monoisotopic (exact) mass is 541 g/mol. The van der Waals surface area contributed by atoms with Crippen molar-refractivity contribution in [2.75, 3.05) is 46.8 Å². The first-order valence-corrected chi connectivity index (χ1v) is 11.6. The number of halogens is 1. The number of nitrogens with zero attached hydrogens (tertiary/aromatic N) is 3. The molecular formula is C24H40IN5O. The number of carbonyl (C=O) groups is 1. The van der Waals surface area contributed by atoms with E-state index in [2.05, 4.69) is 46.7 Å². The third-order valence-electron chi connectivity index (χ3n) is 6.46. The largest absolute Gasteiger partial charge is 0.357 e. The fourth-order valence-electron chi connectivity index (χ4n) is 4.79. The Kier molecular flexibility index (Phi) is 10.6. The summed E-state index contributed by atoms with van der Waals surface area (Å²) >= 11 is 0. The van der Waals surface area contributed by atoms with Gasteiger partial charge in [-0.3, -0.25) is 14.7 Å². The maximum Gasteiger partial charge on any atom is 0.230 e. The van der Waals surface area contributed by atoms with Crippen molar-refractivity contribution in [2.45, 2.75) is 52.0 Å². The number of nitrogens with one attached hydrogen (secondary N) is 2. The fraction of sp³-hybridized carbons (Fsp3) is 0.667. The molecule has 1 aromatic rings. The summed E-state index contributed by atoms with van der Waals surface area (Å²) in [5.41, 5.74) is 2.66. The highest BCUT2D eigenvalue weighted by atomic mass is 127. The molecular weight excluding hydrogens is 501 g/mol. The van der Waals surface area contributed by atoms with E-state index >= 15 is 0 Å². The SMILES string of the molecule is CCNC(=NCC1(C(=O)N(C)C)CCCC1)NCCCN1CCc2ccccc2C1.I. The zero-order valence-electron chi connectivity index (χ0n) is 19.5. The lowest BCUT2D eigenvalue weighted by molar-refractivity contribution is -0.138. The molecule has 1 fully saturated rings. The van der Waals surface area contributed by atoms with Gasteiger partial charge in [-0.25, -0.2) is 0 Å². The number of amides is 1. The quantitative estimate of drug-likeness (QED) is 0.230. The van der Waals surface area contributed by atoms with Crippen LogP contribution in [-0.2, 0) is 17.8 Å². The van der Waals surface area contributed by atoms with Crippen molar-refractivity contribution >= 4 is 35.8 Å². The van der Waals surface area contributed by atoms with Gasteiger partial charge in [0, 0.05) is 46.8 Å². The van der Waals surface area contributed by atoms with Crippen LogP contribution in [0.3, 0.4) is 0 Å². The molecule has 0 atom stereocenters. The van der Waals surface area contributed by atoms with Crippen LogP contribution in [0.4, 0.5) is 0 Å². The van der Waals surface area contributed by atoms with Gasteiger partial charge in [-0.1, -0.05) is 37.1 Å². The molecule has 3 rings (SSSR count). The average Bonchev–Trinajstić information content (AvgIpc) is 3.24. The van der Waals surface area contributed by atoms with Gasteiger partial charge in [-0.2, -0.15) is 0 Å². The Labute approximate surface area is 205 Å². The smallest absolute Gasteiger partial charge is 0.230 e. The second kappa shape index (κ2) is 12.6. The normalized spacial score (nSPS) is 18.1. The molecule has 0 bridgehead atoms. The molecule has 1 saturated carbocycles. The maximum atomic E-state index is 12.8. The van der Waals surface area contributed by atoms with E-state index in [0.717, 1.165) is 77.2 Å². The minimum Gasteiger partial charge on any atom is -0.357 e. The van der Waals surface area contributed by atoms with Crippen LogP contribution >= 0.6 is 24.0 Å². The van der Waals surface area contributed by atoms with Crippen LogP contribution in [-0.4, -0.2) is 68.5 Å². The fourth-order valence-corrected chi connectivity index (χ4v) is 4.79. The van der Waals surface area contributed by atoms with Gasteiger partial charge in [0.25, 0.3) is 0 Å². The third kappa shape index (κ3) is 7.07. The van der Waals surface area contributed by atoms with E-state index in [1.165, 1.54) is 11.1 Å². The van der Waals surface area contributed by atoms with Crippen LogP contribution in [0.2, 0.25) is 0 Å². The summed E-state index contributed by atoms with van der Waals surface area (Å²) in [5.74, 6) is 1.06. The first kappa shape index (κ1) is 25.9. The van der Waals surface area contributed by atoms with Crippen molar-refractivity contribution in [3.63, 3.8) is 0 Å². The molecule has 174 valence electrons. The Bertz CT molecular complexity index is 730. The van der Waals surface area contributed by atoms with Crippen LogP contribution < -0.4 is 10.6 Å². The molecule has 1 aliphatic carbocycles. The molecule has 31 heavy (non-hydrogen) atoms. The molecule has 0 radical (unpaired) electrons. The van der Waals surface area contributed by atoms with Gasteiger partial charge < -0.3 is 15.5 Å². The van der Waals surface area contributed by atoms with E-state index in [4.69, 9.17) is 4.99 Å². The van der Waals surface area contributed by atoms with Crippen LogP contribution in [0, 0.1) is 5.41 Å². The minimum absolute atomic E-state index is 0. The van der Waals surface area contributed by atoms with Gasteiger partial charge in [0.05, 0.1) is 12.0 Å². The molecule has 1 amide bonds. The van der Waals surface area contributed by atoms with Crippen LogP contribution in [0.25, 0.3) is 0 Å². The van der Waals surface area contributed by atoms with Crippen molar-refractivity contribution < 1.29 is 4.79 Å². The van der Waals surface area contributed by atoms with Gasteiger partial charge in [-0.05, 0) is 43.7 Å². The molecule has 1 aromatic carbocycles. The lowest BCUT2D eigenvalue weighted by Crippen LogP contribution is -2.43. The molecule has 0 aromatic heterocycles. The number of fused-ring (bicyclic) bond motifs is 1. The summed E-state index contributed by atoms with van der Waals surface area (Å²) in [4.78, 5) is 21.9. The zero-order valence-corrected chi connectivity index (χ0v) is 21.8. The molecule has 1 aliphatic heterocycles. The first-order chi connectivity index (χ1) is 14.5. The van der Waals surface area contributed by atoms with Crippen molar-refractivity contribution in [1.29, 1.82) is 0 Å². The number of hydrogen-bond acceptors (Lipinski definition) is 3. The van der Waals surface area contributed by atoms with Gasteiger partial charge >= 0.3 is 0 Å². The number of benzene rings is 1. The molecule has 0 unspecified atom stereocenters. The van der Waals surface area contributed by atoms with Gasteiger partial charge in [0.15, 0.2) is 5.96 Å². The van der Waals surface area contributed by atoms with E-state index < -0.39 is 0 Å². The second-order valence-corrected chi connectivity index (χ2v) is 8.96. The van der Waals surface area contributed by atoms with Crippen LogP contribution in [0.15, 0.2) is 29.3 Å². The predicted molar refractivity (Wildman–Crippen MR) is 139 cm³/mol. The summed E-state index contributed by atoms with van der Waals surface area (Å²) in [6.07, 6.45) is 6.37. The summed E-state index contributed by atoms with van der Waals surface area (Å²) in [7, 11) is 3.71. The highest BCUT2D eigenvalue weighted by molar-refractivity contribution is 14.0. The lowest BCUT2D eigenvalue weighted by Gasteiger charge is -2.29.